The average molecular weight is 281 g/mol. The Morgan fingerprint density at radius 1 is 1.40 bits per heavy atom. The quantitative estimate of drug-likeness (QED) is 0.811. The maximum Gasteiger partial charge on any atom is 0.422 e. The number of nitrogen functional groups attached to an aromatic ring is 1. The van der Waals surface area contributed by atoms with Crippen molar-refractivity contribution in [2.24, 2.45) is 0 Å². The second kappa shape index (κ2) is 7.64. The number of ether oxygens (including phenoxy) is 1. The number of carbonyl (C=O) groups excluding carboxylic acids is 1. The summed E-state index contributed by atoms with van der Waals surface area (Å²) in [5.41, 5.74) is 7.48. The molecule has 0 bridgehead atoms. The van der Waals surface area contributed by atoms with E-state index in [0.29, 0.717) is 5.82 Å². The maximum absolute atomic E-state index is 11.2. The van der Waals surface area contributed by atoms with Crippen LogP contribution in [0.5, 0.6) is 0 Å². The highest BCUT2D eigenvalue weighted by atomic mass is 16.6. The topological polar surface area (TPSA) is 93.4 Å². The lowest BCUT2D eigenvalue weighted by Crippen LogP contribution is -2.43. The Labute approximate surface area is 119 Å². The Hall–Kier alpha value is -1.89. The number of nitrogens with two attached hydrogens (primary N) is 1. The summed E-state index contributed by atoms with van der Waals surface area (Å²) in [5.74, 6) is 0.461. The number of anilines is 1. The molecule has 1 amide bonds. The van der Waals surface area contributed by atoms with E-state index in [-0.39, 0.29) is 6.09 Å². The Balaban J connectivity index is 0.000000240. The predicted octanol–water partition coefficient (Wildman–Crippen LogP) is 1.58. The molecule has 7 heteroatoms. The molecule has 2 rings (SSSR count). The molecule has 0 unspecified atom stereocenters. The third-order valence-corrected chi connectivity index (χ3v) is 2.35. The second-order valence-corrected chi connectivity index (χ2v) is 5.46. The zero-order valence-electron chi connectivity index (χ0n) is 12.3. The van der Waals surface area contributed by atoms with E-state index in [1.807, 2.05) is 25.8 Å². The van der Waals surface area contributed by atoms with Gasteiger partial charge in [-0.25, -0.2) is 9.80 Å². The van der Waals surface area contributed by atoms with E-state index in [9.17, 15) is 4.79 Å². The molecule has 1 aliphatic rings. The number of rotatable bonds is 1. The molecule has 1 saturated heterocycles. The number of nitrogens with zero attached hydrogens (tertiary/aromatic N) is 3. The number of aromatic nitrogens is 2. The number of carbonyl (C=O) groups is 1. The van der Waals surface area contributed by atoms with E-state index < -0.39 is 5.60 Å². The summed E-state index contributed by atoms with van der Waals surface area (Å²) in [7, 11) is 0. The van der Waals surface area contributed by atoms with Gasteiger partial charge in [-0.1, -0.05) is 0 Å². The van der Waals surface area contributed by atoms with Crippen LogP contribution in [0.1, 0.15) is 33.6 Å². The van der Waals surface area contributed by atoms with E-state index in [4.69, 9.17) is 10.5 Å². The van der Waals surface area contributed by atoms with E-state index in [1.54, 1.807) is 18.3 Å². The normalized spacial score (nSPS) is 15.2. The first kappa shape index (κ1) is 16.2. The van der Waals surface area contributed by atoms with Crippen molar-refractivity contribution < 1.29 is 9.53 Å². The van der Waals surface area contributed by atoms with Gasteiger partial charge >= 0.3 is 6.09 Å². The standard InChI is InChI=1S/C9H18N2O2.C4H5N3/c1-9(2,3)13-8(12)10-11-6-4-5-7-11;5-4-2-1-3-6-7-4/h4-7H2,1-3H3,(H,10,12);1-3H,(H2,5,7). The van der Waals surface area contributed by atoms with Crippen LogP contribution in [-0.4, -0.2) is 40.0 Å². The van der Waals surface area contributed by atoms with Crippen molar-refractivity contribution in [3.63, 3.8) is 0 Å². The Morgan fingerprint density at radius 2 is 2.05 bits per heavy atom. The van der Waals surface area contributed by atoms with Crippen LogP contribution < -0.4 is 11.2 Å². The van der Waals surface area contributed by atoms with Gasteiger partial charge in [-0.05, 0) is 45.7 Å². The Morgan fingerprint density at radius 3 is 2.45 bits per heavy atom. The fourth-order valence-corrected chi connectivity index (χ4v) is 1.57. The summed E-state index contributed by atoms with van der Waals surface area (Å²) >= 11 is 0. The summed E-state index contributed by atoms with van der Waals surface area (Å²) in [6.07, 6.45) is 3.52. The van der Waals surface area contributed by atoms with Crippen LogP contribution in [0.2, 0.25) is 0 Å². The van der Waals surface area contributed by atoms with Crippen molar-refractivity contribution in [3.8, 4) is 0 Å². The molecular formula is C13H23N5O2. The minimum Gasteiger partial charge on any atom is -0.443 e. The average Bonchev–Trinajstić information content (AvgIpc) is 2.81. The van der Waals surface area contributed by atoms with Crippen molar-refractivity contribution >= 4 is 11.9 Å². The van der Waals surface area contributed by atoms with Crippen molar-refractivity contribution in [2.75, 3.05) is 18.8 Å². The molecule has 0 aromatic carbocycles. The maximum atomic E-state index is 11.2. The van der Waals surface area contributed by atoms with E-state index in [1.165, 1.54) is 0 Å². The summed E-state index contributed by atoms with van der Waals surface area (Å²) in [4.78, 5) is 11.2. The fraction of sp³-hybridized carbons (Fsp3) is 0.615. The second-order valence-electron chi connectivity index (χ2n) is 5.46. The molecular weight excluding hydrogens is 258 g/mol. The molecule has 112 valence electrons. The molecule has 1 aromatic rings. The number of amides is 1. The van der Waals surface area contributed by atoms with Crippen molar-refractivity contribution in [2.45, 2.75) is 39.2 Å². The van der Waals surface area contributed by atoms with Crippen molar-refractivity contribution in [1.82, 2.24) is 20.6 Å². The number of hydrogen-bond donors (Lipinski definition) is 2. The fourth-order valence-electron chi connectivity index (χ4n) is 1.57. The lowest BCUT2D eigenvalue weighted by atomic mass is 10.2. The van der Waals surface area contributed by atoms with E-state index in [0.717, 1.165) is 25.9 Å². The minimum atomic E-state index is -0.413. The van der Waals surface area contributed by atoms with Crippen LogP contribution in [0.25, 0.3) is 0 Å². The van der Waals surface area contributed by atoms with Crippen LogP contribution in [0.4, 0.5) is 10.6 Å². The number of hydrazine groups is 1. The van der Waals surface area contributed by atoms with Gasteiger partial charge in [-0.3, -0.25) is 5.43 Å². The molecule has 0 radical (unpaired) electrons. The van der Waals surface area contributed by atoms with Gasteiger partial charge in [-0.15, -0.1) is 5.10 Å². The molecule has 7 nitrogen and oxygen atoms in total. The molecule has 1 aromatic heterocycles. The highest BCUT2D eigenvalue weighted by Gasteiger charge is 2.19. The molecule has 0 spiro atoms. The number of hydrogen-bond acceptors (Lipinski definition) is 6. The van der Waals surface area contributed by atoms with Gasteiger partial charge < -0.3 is 10.5 Å². The van der Waals surface area contributed by atoms with Gasteiger partial charge in [0.1, 0.15) is 11.4 Å². The monoisotopic (exact) mass is 281 g/mol. The first-order chi connectivity index (χ1) is 9.37. The van der Waals surface area contributed by atoms with Crippen LogP contribution in [0.3, 0.4) is 0 Å². The molecule has 20 heavy (non-hydrogen) atoms. The largest absolute Gasteiger partial charge is 0.443 e. The predicted molar refractivity (Wildman–Crippen MR) is 76.6 cm³/mol. The van der Waals surface area contributed by atoms with E-state index >= 15 is 0 Å². The molecule has 0 atom stereocenters. The van der Waals surface area contributed by atoms with Crippen molar-refractivity contribution in [1.29, 1.82) is 0 Å². The van der Waals surface area contributed by atoms with Gasteiger partial charge in [-0.2, -0.15) is 5.10 Å². The lowest BCUT2D eigenvalue weighted by molar-refractivity contribution is 0.0365. The van der Waals surface area contributed by atoms with Gasteiger partial charge in [0.25, 0.3) is 0 Å². The third kappa shape index (κ3) is 7.52. The molecule has 3 N–H and O–H groups in total. The van der Waals surface area contributed by atoms with Gasteiger partial charge in [0.15, 0.2) is 0 Å². The van der Waals surface area contributed by atoms with Crippen LogP contribution >= 0.6 is 0 Å². The first-order valence-electron chi connectivity index (χ1n) is 6.64. The molecule has 2 heterocycles. The van der Waals surface area contributed by atoms with Crippen LogP contribution in [0, 0.1) is 0 Å². The third-order valence-electron chi connectivity index (χ3n) is 2.35. The zero-order chi connectivity index (χ0) is 15.0. The lowest BCUT2D eigenvalue weighted by Gasteiger charge is -2.22. The van der Waals surface area contributed by atoms with Crippen LogP contribution in [-0.2, 0) is 4.74 Å². The van der Waals surface area contributed by atoms with Gasteiger partial charge in [0.2, 0.25) is 0 Å². The Kier molecular flexibility index (Phi) is 6.17. The summed E-state index contributed by atoms with van der Waals surface area (Å²) in [6.45, 7) is 7.43. The van der Waals surface area contributed by atoms with Crippen molar-refractivity contribution in [3.05, 3.63) is 18.3 Å². The van der Waals surface area contributed by atoms with Gasteiger partial charge in [0, 0.05) is 19.3 Å². The molecule has 1 aliphatic heterocycles. The summed E-state index contributed by atoms with van der Waals surface area (Å²) < 4.78 is 5.11. The zero-order valence-corrected chi connectivity index (χ0v) is 12.3. The van der Waals surface area contributed by atoms with Gasteiger partial charge in [0.05, 0.1) is 0 Å². The van der Waals surface area contributed by atoms with E-state index in [2.05, 4.69) is 15.6 Å². The minimum absolute atomic E-state index is 0.352. The number of nitrogens with one attached hydrogen (secondary N) is 1. The first-order valence-corrected chi connectivity index (χ1v) is 6.64. The molecule has 0 aliphatic carbocycles. The SMILES string of the molecule is CC(C)(C)OC(=O)NN1CCCC1.Nc1cccnn1. The van der Waals surface area contributed by atoms with Crippen LogP contribution in [0.15, 0.2) is 18.3 Å². The smallest absolute Gasteiger partial charge is 0.422 e. The highest BCUT2D eigenvalue weighted by molar-refractivity contribution is 5.67. The summed E-state index contributed by atoms with van der Waals surface area (Å²) in [6, 6.07) is 3.43. The molecule has 0 saturated carbocycles. The molecule has 1 fully saturated rings. The highest BCUT2D eigenvalue weighted by Crippen LogP contribution is 2.08. The Bertz CT molecular complexity index is 399. The summed E-state index contributed by atoms with van der Waals surface area (Å²) in [5, 5.41) is 8.91.